The van der Waals surface area contributed by atoms with Gasteiger partial charge < -0.3 is 25.6 Å². The second-order valence-corrected chi connectivity index (χ2v) is 18.7. The first-order chi connectivity index (χ1) is 31.3. The van der Waals surface area contributed by atoms with Crippen LogP contribution in [0.2, 0.25) is 0 Å². The van der Waals surface area contributed by atoms with E-state index in [1.165, 1.54) is 173 Å². The molecule has 0 aromatic carbocycles. The summed E-state index contributed by atoms with van der Waals surface area (Å²) < 4.78 is 6.07. The number of carboxylic acids is 1. The minimum Gasteiger partial charge on any atom is -0.480 e. The average Bonchev–Trinajstić information content (AvgIpc) is 3.28. The van der Waals surface area contributed by atoms with Crippen LogP contribution in [0.4, 0.5) is 0 Å². The van der Waals surface area contributed by atoms with Gasteiger partial charge in [-0.1, -0.05) is 199 Å². The Balaban J connectivity index is 4.27. The van der Waals surface area contributed by atoms with Gasteiger partial charge >= 0.3 is 11.9 Å². The number of rotatable bonds is 50. The molecule has 0 aromatic heterocycles. The molecule has 0 heterocycles. The van der Waals surface area contributed by atoms with Crippen molar-refractivity contribution >= 4 is 23.8 Å². The molecule has 2 atom stereocenters. The first-order valence-corrected chi connectivity index (χ1v) is 27.2. The van der Waals surface area contributed by atoms with Gasteiger partial charge in [-0.05, 0) is 89.9 Å². The number of aliphatic hydroxyl groups excluding tert-OH is 1. The van der Waals surface area contributed by atoms with Crippen LogP contribution in [-0.4, -0.2) is 59.3 Å². The van der Waals surface area contributed by atoms with Gasteiger partial charge in [-0.2, -0.15) is 0 Å². The summed E-state index contributed by atoms with van der Waals surface area (Å²) in [7, 11) is 0. The predicted octanol–water partition coefficient (Wildman–Crippen LogP) is 14.7. The maximum Gasteiger partial charge on any atom is 0.328 e. The Kier molecular flexibility index (Phi) is 47.7. The van der Waals surface area contributed by atoms with Gasteiger partial charge in [0, 0.05) is 12.8 Å². The monoisotopic (exact) mass is 903 g/mol. The molecule has 9 heteroatoms. The zero-order chi connectivity index (χ0) is 46.8. The number of nitrogens with one attached hydrogen (secondary N) is 2. The molecular formula is C55H102N2O7. The summed E-state index contributed by atoms with van der Waals surface area (Å²) in [6.45, 7) is 3.51. The Hall–Kier alpha value is -2.68. The highest BCUT2D eigenvalue weighted by Gasteiger charge is 2.19. The van der Waals surface area contributed by atoms with E-state index in [9.17, 15) is 19.2 Å². The molecule has 2 amide bonds. The lowest BCUT2D eigenvalue weighted by atomic mass is 10.0. The van der Waals surface area contributed by atoms with Crippen LogP contribution in [0.3, 0.4) is 0 Å². The maximum absolute atomic E-state index is 12.9. The van der Waals surface area contributed by atoms with Crippen LogP contribution in [0.1, 0.15) is 277 Å². The van der Waals surface area contributed by atoms with E-state index in [4.69, 9.17) is 14.9 Å². The number of carbonyl (C=O) groups excluding carboxylic acids is 3. The molecule has 2 unspecified atom stereocenters. The van der Waals surface area contributed by atoms with Crippen LogP contribution >= 0.6 is 0 Å². The van der Waals surface area contributed by atoms with Crippen molar-refractivity contribution in [3.8, 4) is 0 Å². The molecule has 374 valence electrons. The number of aliphatic hydroxyl groups is 1. The molecule has 0 bridgehead atoms. The number of ether oxygens (including phenoxy) is 1. The summed E-state index contributed by atoms with van der Waals surface area (Å²) in [5.41, 5.74) is 0. The van der Waals surface area contributed by atoms with Crippen molar-refractivity contribution < 1.29 is 34.1 Å². The van der Waals surface area contributed by atoms with Gasteiger partial charge in [0.15, 0.2) is 0 Å². The summed E-state index contributed by atoms with van der Waals surface area (Å²) in [4.78, 5) is 47.9. The van der Waals surface area contributed by atoms with E-state index in [1.54, 1.807) is 0 Å². The molecule has 0 saturated heterocycles. The quantitative estimate of drug-likeness (QED) is 0.0270. The number of esters is 1. The molecule has 0 rings (SSSR count). The van der Waals surface area contributed by atoms with Gasteiger partial charge in [-0.25, -0.2) is 4.79 Å². The van der Waals surface area contributed by atoms with Crippen LogP contribution in [0.15, 0.2) is 24.3 Å². The first kappa shape index (κ1) is 61.3. The average molecular weight is 903 g/mol. The third kappa shape index (κ3) is 45.9. The number of carbonyl (C=O) groups is 4. The van der Waals surface area contributed by atoms with E-state index < -0.39 is 24.5 Å². The molecule has 4 N–H and O–H groups in total. The molecule has 0 spiro atoms. The predicted molar refractivity (Wildman–Crippen MR) is 268 cm³/mol. The molecule has 0 fully saturated rings. The summed E-state index contributed by atoms with van der Waals surface area (Å²) in [6.07, 6.45) is 57.9. The van der Waals surface area contributed by atoms with E-state index in [0.29, 0.717) is 19.3 Å². The number of hydrogen-bond donors (Lipinski definition) is 4. The van der Waals surface area contributed by atoms with Gasteiger partial charge in [-0.3, -0.25) is 14.4 Å². The van der Waals surface area contributed by atoms with Crippen LogP contribution in [-0.2, 0) is 23.9 Å². The van der Waals surface area contributed by atoms with Crippen molar-refractivity contribution in [2.75, 3.05) is 13.2 Å². The zero-order valence-electron chi connectivity index (χ0n) is 41.8. The van der Waals surface area contributed by atoms with Crippen molar-refractivity contribution in [1.29, 1.82) is 0 Å². The Morgan fingerprint density at radius 2 is 0.797 bits per heavy atom. The van der Waals surface area contributed by atoms with E-state index in [0.717, 1.165) is 70.6 Å². The lowest BCUT2D eigenvalue weighted by Crippen LogP contribution is -2.47. The van der Waals surface area contributed by atoms with Gasteiger partial charge in [0.2, 0.25) is 11.8 Å². The minimum absolute atomic E-state index is 0.0288. The fourth-order valence-electron chi connectivity index (χ4n) is 8.24. The smallest absolute Gasteiger partial charge is 0.328 e. The molecule has 0 aromatic rings. The van der Waals surface area contributed by atoms with Gasteiger partial charge in [0.05, 0.1) is 13.2 Å². The molecule has 0 aliphatic heterocycles. The fourth-order valence-corrected chi connectivity index (χ4v) is 8.24. The van der Waals surface area contributed by atoms with Crippen molar-refractivity contribution in [2.45, 2.75) is 289 Å². The summed E-state index contributed by atoms with van der Waals surface area (Å²) >= 11 is 0. The first-order valence-electron chi connectivity index (χ1n) is 27.2. The third-order valence-corrected chi connectivity index (χ3v) is 12.4. The van der Waals surface area contributed by atoms with Crippen molar-refractivity contribution in [2.24, 2.45) is 0 Å². The molecule has 0 aliphatic rings. The maximum atomic E-state index is 12.9. The van der Waals surface area contributed by atoms with Crippen LogP contribution in [0.5, 0.6) is 0 Å². The number of carboxylic acid groups (broad SMARTS) is 1. The SMILES string of the molecule is CCCCCCCCCC/C=C\CCCCCCCCCCCC(=O)OC(CCCCC/C=C\CCCCCCCCCC)CCCCCCCC(=O)NCC(=O)NC(CO)C(=O)O. The molecule has 0 radical (unpaired) electrons. The number of aliphatic carboxylic acids is 1. The largest absolute Gasteiger partial charge is 0.480 e. The molecule has 0 aliphatic carbocycles. The number of amides is 2. The van der Waals surface area contributed by atoms with Crippen LogP contribution in [0, 0.1) is 0 Å². The fraction of sp³-hybridized carbons (Fsp3) is 0.855. The zero-order valence-corrected chi connectivity index (χ0v) is 41.8. The van der Waals surface area contributed by atoms with E-state index in [-0.39, 0.29) is 24.5 Å². The Bertz CT molecular complexity index is 1130. The number of unbranched alkanes of at least 4 members (excludes halogenated alkanes) is 32. The molecule has 9 nitrogen and oxygen atoms in total. The highest BCUT2D eigenvalue weighted by atomic mass is 16.5. The molecule has 64 heavy (non-hydrogen) atoms. The highest BCUT2D eigenvalue weighted by molar-refractivity contribution is 5.87. The van der Waals surface area contributed by atoms with Gasteiger partial charge in [-0.15, -0.1) is 0 Å². The topological polar surface area (TPSA) is 142 Å². The third-order valence-electron chi connectivity index (χ3n) is 12.4. The van der Waals surface area contributed by atoms with Crippen LogP contribution < -0.4 is 10.6 Å². The van der Waals surface area contributed by atoms with E-state index in [2.05, 4.69) is 48.8 Å². The van der Waals surface area contributed by atoms with Gasteiger partial charge in [0.25, 0.3) is 0 Å². The van der Waals surface area contributed by atoms with Gasteiger partial charge in [0.1, 0.15) is 12.1 Å². The minimum atomic E-state index is -1.38. The van der Waals surface area contributed by atoms with E-state index >= 15 is 0 Å². The Labute approximate surface area is 394 Å². The Morgan fingerprint density at radius 3 is 1.19 bits per heavy atom. The standard InChI is InChI=1S/C55H102N2O7/c1-3-5-7-9-11-13-15-17-19-20-21-22-23-24-26-28-30-32-34-39-43-47-54(61)64-50(44-40-36-33-31-29-27-25-18-16-14-12-10-8-6-4-2)45-41-37-35-38-42-46-52(59)56-48-53(60)57-51(49-58)55(62)63/h20-21,27,29,50-51,58H,3-19,22-26,28,30-49H2,1-2H3,(H,56,59)(H,57,60)(H,62,63)/b21-20-,29-27-. The number of allylic oxidation sites excluding steroid dienone is 4. The second-order valence-electron chi connectivity index (χ2n) is 18.7. The molecule has 0 saturated carbocycles. The summed E-state index contributed by atoms with van der Waals surface area (Å²) in [5.74, 6) is -2.29. The van der Waals surface area contributed by atoms with Crippen molar-refractivity contribution in [3.63, 3.8) is 0 Å². The Morgan fingerprint density at radius 1 is 0.453 bits per heavy atom. The second kappa shape index (κ2) is 49.7. The summed E-state index contributed by atoms with van der Waals surface area (Å²) in [6, 6.07) is -1.38. The lowest BCUT2D eigenvalue weighted by molar-refractivity contribution is -0.150. The highest BCUT2D eigenvalue weighted by Crippen LogP contribution is 2.19. The lowest BCUT2D eigenvalue weighted by Gasteiger charge is -2.18. The molecular weight excluding hydrogens is 801 g/mol. The van der Waals surface area contributed by atoms with Crippen molar-refractivity contribution in [3.05, 3.63) is 24.3 Å². The van der Waals surface area contributed by atoms with E-state index in [1.807, 2.05) is 0 Å². The number of hydrogen-bond acceptors (Lipinski definition) is 6. The normalized spacial score (nSPS) is 12.5. The summed E-state index contributed by atoms with van der Waals surface area (Å²) in [5, 5.41) is 22.6. The van der Waals surface area contributed by atoms with Crippen molar-refractivity contribution in [1.82, 2.24) is 10.6 Å². The van der Waals surface area contributed by atoms with Crippen LogP contribution in [0.25, 0.3) is 0 Å².